The maximum atomic E-state index is 13.9. The molecule has 0 radical (unpaired) electrons. The Hall–Kier alpha value is -2.37. The van der Waals surface area contributed by atoms with Crippen molar-refractivity contribution >= 4 is 5.97 Å². The number of hydrogen-bond acceptors (Lipinski definition) is 4. The molecule has 6 heteroatoms. The van der Waals surface area contributed by atoms with Gasteiger partial charge in [-0.15, -0.1) is 0 Å². The Morgan fingerprint density at radius 3 is 2.19 bits per heavy atom. The third kappa shape index (κ3) is 7.41. The lowest BCUT2D eigenvalue weighted by atomic mass is 10.0. The molecule has 0 amide bonds. The summed E-state index contributed by atoms with van der Waals surface area (Å²) in [6.07, 6.45) is 2.46. The van der Waals surface area contributed by atoms with Crippen LogP contribution in [0.25, 0.3) is 11.3 Å². The van der Waals surface area contributed by atoms with Crippen LogP contribution in [-0.4, -0.2) is 23.3 Å². The van der Waals surface area contributed by atoms with Crippen LogP contribution in [0.1, 0.15) is 58.7 Å². The van der Waals surface area contributed by atoms with E-state index in [1.165, 1.54) is 25.3 Å². The molecule has 1 heterocycles. The number of carbonyl (C=O) groups excluding carboxylic acids is 1. The first kappa shape index (κ1) is 24.6. The average Bonchev–Trinajstić information content (AvgIpc) is 2.70. The topological polar surface area (TPSA) is 52.1 Å². The SMILES string of the molecule is CC.CC.CCCCc1cc(-c2c(F)cccc2F)nnc1CC(=O)OC. The normalized spacial score (nSPS) is 9.48. The predicted octanol–water partition coefficient (Wildman–Crippen LogP) is 5.53. The molecule has 1 aromatic heterocycles. The Morgan fingerprint density at radius 2 is 1.67 bits per heavy atom. The van der Waals surface area contributed by atoms with Crippen LogP contribution in [0.2, 0.25) is 0 Å². The zero-order valence-electron chi connectivity index (χ0n) is 17.1. The molecular formula is C21H30F2N2O2. The molecule has 0 aliphatic carbocycles. The van der Waals surface area contributed by atoms with Crippen molar-refractivity contribution in [2.24, 2.45) is 0 Å². The van der Waals surface area contributed by atoms with Gasteiger partial charge in [-0.3, -0.25) is 4.79 Å². The van der Waals surface area contributed by atoms with Crippen molar-refractivity contribution in [2.75, 3.05) is 7.11 Å². The Labute approximate surface area is 161 Å². The minimum absolute atomic E-state index is 0.0113. The molecular weight excluding hydrogens is 350 g/mol. The van der Waals surface area contributed by atoms with E-state index in [9.17, 15) is 13.6 Å². The van der Waals surface area contributed by atoms with Crippen molar-refractivity contribution in [1.82, 2.24) is 10.2 Å². The molecule has 0 N–H and O–H groups in total. The lowest BCUT2D eigenvalue weighted by Gasteiger charge is -2.10. The highest BCUT2D eigenvalue weighted by Gasteiger charge is 2.17. The van der Waals surface area contributed by atoms with Gasteiger partial charge in [0.05, 0.1) is 30.5 Å². The van der Waals surface area contributed by atoms with Crippen LogP contribution >= 0.6 is 0 Å². The van der Waals surface area contributed by atoms with Crippen LogP contribution in [0.3, 0.4) is 0 Å². The van der Waals surface area contributed by atoms with Crippen LogP contribution in [0.15, 0.2) is 24.3 Å². The minimum atomic E-state index is -0.693. The van der Waals surface area contributed by atoms with Gasteiger partial charge in [0.25, 0.3) is 0 Å². The van der Waals surface area contributed by atoms with E-state index in [0.717, 1.165) is 18.4 Å². The summed E-state index contributed by atoms with van der Waals surface area (Å²) in [5, 5.41) is 7.88. The second-order valence-electron chi connectivity index (χ2n) is 5.15. The van der Waals surface area contributed by atoms with Crippen LogP contribution in [0, 0.1) is 11.6 Å². The summed E-state index contributed by atoms with van der Waals surface area (Å²) in [6, 6.07) is 5.25. The highest BCUT2D eigenvalue weighted by atomic mass is 19.1. The Morgan fingerprint density at radius 1 is 1.07 bits per heavy atom. The lowest BCUT2D eigenvalue weighted by Crippen LogP contribution is -2.11. The maximum absolute atomic E-state index is 13.9. The standard InChI is InChI=1S/C17H18F2N2O2.2C2H6/c1-3-4-6-11-9-15(17-12(18)7-5-8-13(17)19)21-20-14(11)10-16(22)23-2;2*1-2/h5,7-9H,3-4,6,10H2,1-2H3;2*1-2H3. The Balaban J connectivity index is 0.00000158. The molecule has 0 saturated heterocycles. The van der Waals surface area contributed by atoms with Crippen molar-refractivity contribution in [3.63, 3.8) is 0 Å². The minimum Gasteiger partial charge on any atom is -0.469 e. The number of rotatable bonds is 6. The van der Waals surface area contributed by atoms with Gasteiger partial charge in [0, 0.05) is 0 Å². The molecule has 27 heavy (non-hydrogen) atoms. The van der Waals surface area contributed by atoms with Crippen molar-refractivity contribution in [3.05, 3.63) is 47.2 Å². The molecule has 4 nitrogen and oxygen atoms in total. The van der Waals surface area contributed by atoms with E-state index in [2.05, 4.69) is 14.9 Å². The van der Waals surface area contributed by atoms with E-state index in [-0.39, 0.29) is 17.7 Å². The number of nitrogens with zero attached hydrogens (tertiary/aromatic N) is 2. The largest absolute Gasteiger partial charge is 0.469 e. The predicted molar refractivity (Wildman–Crippen MR) is 104 cm³/mol. The van der Waals surface area contributed by atoms with Gasteiger partial charge in [0.2, 0.25) is 0 Å². The van der Waals surface area contributed by atoms with Gasteiger partial charge in [-0.2, -0.15) is 10.2 Å². The molecule has 0 saturated carbocycles. The fourth-order valence-electron chi connectivity index (χ4n) is 2.26. The van der Waals surface area contributed by atoms with Gasteiger partial charge in [-0.25, -0.2) is 8.78 Å². The second kappa shape index (κ2) is 13.8. The number of methoxy groups -OCH3 is 1. The molecule has 0 aliphatic rings. The van der Waals surface area contributed by atoms with Gasteiger partial charge < -0.3 is 4.74 Å². The third-order valence-electron chi connectivity index (χ3n) is 3.52. The smallest absolute Gasteiger partial charge is 0.311 e. The molecule has 0 atom stereocenters. The van der Waals surface area contributed by atoms with Gasteiger partial charge in [-0.05, 0) is 36.6 Å². The fourth-order valence-corrected chi connectivity index (χ4v) is 2.26. The highest BCUT2D eigenvalue weighted by molar-refractivity contribution is 5.72. The maximum Gasteiger partial charge on any atom is 0.311 e. The quantitative estimate of drug-likeness (QED) is 0.618. The van der Waals surface area contributed by atoms with Gasteiger partial charge in [0.15, 0.2) is 0 Å². The number of carbonyl (C=O) groups is 1. The van der Waals surface area contributed by atoms with Crippen LogP contribution in [0.4, 0.5) is 8.78 Å². The first-order chi connectivity index (χ1) is 13.1. The summed E-state index contributed by atoms with van der Waals surface area (Å²) >= 11 is 0. The van der Waals surface area contributed by atoms with E-state index < -0.39 is 17.6 Å². The zero-order valence-corrected chi connectivity index (χ0v) is 17.1. The third-order valence-corrected chi connectivity index (χ3v) is 3.52. The summed E-state index contributed by atoms with van der Waals surface area (Å²) in [5.41, 5.74) is 1.15. The van der Waals surface area contributed by atoms with E-state index >= 15 is 0 Å². The Kier molecular flexibility index (Phi) is 12.6. The molecule has 0 bridgehead atoms. The molecule has 0 unspecified atom stereocenters. The summed E-state index contributed by atoms with van der Waals surface area (Å²) in [4.78, 5) is 11.5. The van der Waals surface area contributed by atoms with E-state index in [1.54, 1.807) is 6.07 Å². The highest BCUT2D eigenvalue weighted by Crippen LogP contribution is 2.25. The molecule has 150 valence electrons. The van der Waals surface area contributed by atoms with Crippen molar-refractivity contribution in [3.8, 4) is 11.3 Å². The first-order valence-electron chi connectivity index (χ1n) is 9.43. The van der Waals surface area contributed by atoms with E-state index in [1.807, 2.05) is 34.6 Å². The summed E-state index contributed by atoms with van der Waals surface area (Å²) in [5.74, 6) is -1.82. The van der Waals surface area contributed by atoms with Gasteiger partial charge >= 0.3 is 5.97 Å². The molecule has 2 aromatic rings. The molecule has 0 spiro atoms. The number of esters is 1. The van der Waals surface area contributed by atoms with Crippen molar-refractivity contribution in [2.45, 2.75) is 60.3 Å². The summed E-state index contributed by atoms with van der Waals surface area (Å²) in [6.45, 7) is 10.0. The zero-order chi connectivity index (χ0) is 20.8. The van der Waals surface area contributed by atoms with Crippen LogP contribution in [0.5, 0.6) is 0 Å². The van der Waals surface area contributed by atoms with E-state index in [0.29, 0.717) is 12.1 Å². The monoisotopic (exact) mass is 380 g/mol. The first-order valence-corrected chi connectivity index (χ1v) is 9.43. The van der Waals surface area contributed by atoms with Gasteiger partial charge in [0.1, 0.15) is 11.6 Å². The molecule has 2 rings (SSSR count). The Bertz CT molecular complexity index is 686. The molecule has 1 aromatic carbocycles. The average molecular weight is 380 g/mol. The lowest BCUT2D eigenvalue weighted by molar-refractivity contribution is -0.139. The summed E-state index contributed by atoms with van der Waals surface area (Å²) in [7, 11) is 1.30. The number of ether oxygens (including phenoxy) is 1. The fraction of sp³-hybridized carbons (Fsp3) is 0.476. The number of halogens is 2. The van der Waals surface area contributed by atoms with Crippen molar-refractivity contribution < 1.29 is 18.3 Å². The summed E-state index contributed by atoms with van der Waals surface area (Å²) < 4.78 is 32.4. The molecule has 0 aliphatic heterocycles. The number of aryl methyl sites for hydroxylation is 1. The number of hydrogen-bond donors (Lipinski definition) is 0. The number of aromatic nitrogens is 2. The van der Waals surface area contributed by atoms with Crippen LogP contribution in [-0.2, 0) is 22.4 Å². The van der Waals surface area contributed by atoms with E-state index in [4.69, 9.17) is 0 Å². The number of unbranched alkanes of at least 4 members (excludes halogenated alkanes) is 1. The number of benzene rings is 1. The van der Waals surface area contributed by atoms with Gasteiger partial charge in [-0.1, -0.05) is 47.1 Å². The second-order valence-corrected chi connectivity index (χ2v) is 5.15. The molecule has 0 fully saturated rings. The van der Waals surface area contributed by atoms with Crippen molar-refractivity contribution in [1.29, 1.82) is 0 Å². The van der Waals surface area contributed by atoms with Crippen LogP contribution < -0.4 is 0 Å².